The van der Waals surface area contributed by atoms with E-state index in [1.165, 1.54) is 18.4 Å². The molecule has 172 valence electrons. The first-order chi connectivity index (χ1) is 15.6. The molecule has 0 aliphatic carbocycles. The second-order valence-electron chi connectivity index (χ2n) is 6.90. The van der Waals surface area contributed by atoms with Crippen molar-refractivity contribution in [1.82, 2.24) is 5.32 Å². The average Bonchev–Trinajstić information content (AvgIpc) is 3.32. The van der Waals surface area contributed by atoms with Crippen molar-refractivity contribution in [3.63, 3.8) is 0 Å². The van der Waals surface area contributed by atoms with Gasteiger partial charge in [0.25, 0.3) is 0 Å². The molecule has 9 nitrogen and oxygen atoms in total. The molecule has 32 heavy (non-hydrogen) atoms. The Kier molecular flexibility index (Phi) is 8.56. The first-order valence-electron chi connectivity index (χ1n) is 10.7. The smallest absolute Gasteiger partial charge is 0.244 e. The predicted octanol–water partition coefficient (Wildman–Crippen LogP) is 2.68. The number of hydrogen-bond acceptors (Lipinski definition) is 7. The molecule has 0 spiro atoms. The lowest BCUT2D eigenvalue weighted by molar-refractivity contribution is -0.121. The van der Waals surface area contributed by atoms with Gasteiger partial charge in [0.05, 0.1) is 50.6 Å². The Morgan fingerprint density at radius 2 is 1.88 bits per heavy atom. The maximum absolute atomic E-state index is 12.5. The van der Waals surface area contributed by atoms with E-state index in [0.717, 1.165) is 18.8 Å². The molecule has 1 aromatic heterocycles. The fraction of sp³-hybridized carbons (Fsp3) is 0.391. The van der Waals surface area contributed by atoms with Gasteiger partial charge in [0.2, 0.25) is 11.8 Å². The van der Waals surface area contributed by atoms with Crippen molar-refractivity contribution >= 4 is 29.3 Å². The molecule has 0 radical (unpaired) electrons. The van der Waals surface area contributed by atoms with E-state index in [1.807, 2.05) is 19.9 Å². The molecular weight excluding hydrogens is 414 g/mol. The van der Waals surface area contributed by atoms with Crippen LogP contribution in [0.2, 0.25) is 0 Å². The molecule has 9 heteroatoms. The van der Waals surface area contributed by atoms with Crippen LogP contribution in [-0.2, 0) is 14.3 Å². The summed E-state index contributed by atoms with van der Waals surface area (Å²) < 4.78 is 22.2. The molecule has 2 N–H and O–H groups in total. The fourth-order valence-electron chi connectivity index (χ4n) is 3.21. The Morgan fingerprint density at radius 3 is 2.56 bits per heavy atom. The summed E-state index contributed by atoms with van der Waals surface area (Å²) >= 11 is 0. The zero-order valence-corrected chi connectivity index (χ0v) is 18.4. The zero-order chi connectivity index (χ0) is 22.8. The van der Waals surface area contributed by atoms with Crippen LogP contribution in [0, 0.1) is 0 Å². The van der Waals surface area contributed by atoms with Gasteiger partial charge in [-0.1, -0.05) is 0 Å². The van der Waals surface area contributed by atoms with Crippen molar-refractivity contribution in [3.05, 3.63) is 42.4 Å². The summed E-state index contributed by atoms with van der Waals surface area (Å²) in [6.07, 6.45) is 4.35. The summed E-state index contributed by atoms with van der Waals surface area (Å²) in [6.45, 7) is 7.28. The van der Waals surface area contributed by atoms with Gasteiger partial charge in [-0.3, -0.25) is 9.59 Å². The van der Waals surface area contributed by atoms with Gasteiger partial charge in [0.1, 0.15) is 17.3 Å². The standard InChI is InChI=1S/C23H29N3O6/c1-3-30-20-15-19(26-9-12-29-13-10-26)21(31-4-2)14-18(20)25-23(28)16-24-22(27)8-7-17-6-5-11-32-17/h5-8,11,14-15H,3-4,9-10,12-13,16H2,1-2H3,(H,24,27)(H,25,28). The summed E-state index contributed by atoms with van der Waals surface area (Å²) in [5.74, 6) is 0.953. The number of morpholine rings is 1. The van der Waals surface area contributed by atoms with Crippen LogP contribution in [0.5, 0.6) is 11.5 Å². The number of nitrogens with one attached hydrogen (secondary N) is 2. The molecule has 3 rings (SSSR count). The van der Waals surface area contributed by atoms with Gasteiger partial charge in [-0.2, -0.15) is 0 Å². The van der Waals surface area contributed by atoms with Crippen molar-refractivity contribution in [2.75, 3.05) is 56.3 Å². The lowest BCUT2D eigenvalue weighted by Gasteiger charge is -2.31. The van der Waals surface area contributed by atoms with Crippen molar-refractivity contribution in [2.45, 2.75) is 13.8 Å². The molecule has 2 heterocycles. The number of carbonyl (C=O) groups is 2. The molecule has 0 unspecified atom stereocenters. The van der Waals surface area contributed by atoms with E-state index in [9.17, 15) is 9.59 Å². The average molecular weight is 444 g/mol. The number of nitrogens with zero attached hydrogens (tertiary/aromatic N) is 1. The highest BCUT2D eigenvalue weighted by molar-refractivity contribution is 5.99. The number of anilines is 2. The minimum atomic E-state index is -0.403. The first kappa shape index (κ1) is 23.2. The normalized spacial score (nSPS) is 13.8. The highest BCUT2D eigenvalue weighted by Gasteiger charge is 2.20. The lowest BCUT2D eigenvalue weighted by Crippen LogP contribution is -2.36. The van der Waals surface area contributed by atoms with Crippen molar-refractivity contribution in [2.24, 2.45) is 0 Å². The first-order valence-corrected chi connectivity index (χ1v) is 10.7. The summed E-state index contributed by atoms with van der Waals surface area (Å²) in [5, 5.41) is 5.35. The number of benzene rings is 1. The molecule has 0 saturated carbocycles. The Hall–Kier alpha value is -3.46. The second-order valence-corrected chi connectivity index (χ2v) is 6.90. The molecule has 1 fully saturated rings. The lowest BCUT2D eigenvalue weighted by atomic mass is 10.2. The van der Waals surface area contributed by atoms with Crippen LogP contribution in [0.25, 0.3) is 6.08 Å². The van der Waals surface area contributed by atoms with E-state index in [4.69, 9.17) is 18.6 Å². The number of carbonyl (C=O) groups excluding carboxylic acids is 2. The molecule has 1 aromatic carbocycles. The number of hydrogen-bond donors (Lipinski definition) is 2. The third kappa shape index (κ3) is 6.52. The summed E-state index contributed by atoms with van der Waals surface area (Å²) in [5.41, 5.74) is 1.38. The molecule has 2 amide bonds. The van der Waals surface area contributed by atoms with Gasteiger partial charge in [-0.05, 0) is 32.1 Å². The quantitative estimate of drug-likeness (QED) is 0.544. The van der Waals surface area contributed by atoms with E-state index in [-0.39, 0.29) is 12.5 Å². The Bertz CT molecular complexity index is 920. The van der Waals surface area contributed by atoms with Crippen LogP contribution in [0.15, 0.2) is 41.0 Å². The second kappa shape index (κ2) is 11.8. The molecule has 1 aliphatic heterocycles. The Labute approximate surface area is 187 Å². The fourth-order valence-corrected chi connectivity index (χ4v) is 3.21. The van der Waals surface area contributed by atoms with Crippen LogP contribution in [0.3, 0.4) is 0 Å². The summed E-state index contributed by atoms with van der Waals surface area (Å²) in [4.78, 5) is 26.6. The molecule has 1 aliphatic rings. The van der Waals surface area contributed by atoms with Gasteiger partial charge in [0.15, 0.2) is 0 Å². The van der Waals surface area contributed by atoms with Crippen LogP contribution in [0.4, 0.5) is 11.4 Å². The monoisotopic (exact) mass is 443 g/mol. The number of furan rings is 1. The predicted molar refractivity (Wildman–Crippen MR) is 121 cm³/mol. The van der Waals surface area contributed by atoms with E-state index in [0.29, 0.717) is 49.4 Å². The minimum Gasteiger partial charge on any atom is -0.492 e. The largest absolute Gasteiger partial charge is 0.492 e. The SMILES string of the molecule is CCOc1cc(N2CCOCC2)c(OCC)cc1NC(=O)CNC(=O)C=Cc1ccco1. The van der Waals surface area contributed by atoms with Crippen molar-refractivity contribution in [1.29, 1.82) is 0 Å². The Morgan fingerprint density at radius 1 is 1.12 bits per heavy atom. The van der Waals surface area contributed by atoms with Crippen molar-refractivity contribution in [3.8, 4) is 11.5 Å². The van der Waals surface area contributed by atoms with E-state index < -0.39 is 5.91 Å². The van der Waals surface area contributed by atoms with E-state index >= 15 is 0 Å². The van der Waals surface area contributed by atoms with Crippen LogP contribution >= 0.6 is 0 Å². The summed E-state index contributed by atoms with van der Waals surface area (Å²) in [6, 6.07) is 7.08. The van der Waals surface area contributed by atoms with Gasteiger partial charge < -0.3 is 34.2 Å². The third-order valence-corrected chi connectivity index (χ3v) is 4.65. The molecule has 0 bridgehead atoms. The number of rotatable bonds is 10. The van der Waals surface area contributed by atoms with Crippen molar-refractivity contribution < 1.29 is 28.2 Å². The van der Waals surface area contributed by atoms with Gasteiger partial charge in [0, 0.05) is 31.3 Å². The topological polar surface area (TPSA) is 102 Å². The highest BCUT2D eigenvalue weighted by atomic mass is 16.5. The Balaban J connectivity index is 1.68. The van der Waals surface area contributed by atoms with E-state index in [2.05, 4.69) is 15.5 Å². The molecular formula is C23H29N3O6. The van der Waals surface area contributed by atoms with Crippen LogP contribution < -0.4 is 25.0 Å². The maximum atomic E-state index is 12.5. The number of ether oxygens (including phenoxy) is 3. The number of amides is 2. The molecule has 0 atom stereocenters. The highest BCUT2D eigenvalue weighted by Crippen LogP contribution is 2.39. The molecule has 1 saturated heterocycles. The molecule has 2 aromatic rings. The third-order valence-electron chi connectivity index (χ3n) is 4.65. The minimum absolute atomic E-state index is 0.192. The zero-order valence-electron chi connectivity index (χ0n) is 18.4. The van der Waals surface area contributed by atoms with Gasteiger partial charge >= 0.3 is 0 Å². The summed E-state index contributed by atoms with van der Waals surface area (Å²) in [7, 11) is 0. The van der Waals surface area contributed by atoms with Crippen LogP contribution in [0.1, 0.15) is 19.6 Å². The van der Waals surface area contributed by atoms with Gasteiger partial charge in [-0.15, -0.1) is 0 Å². The maximum Gasteiger partial charge on any atom is 0.244 e. The van der Waals surface area contributed by atoms with Gasteiger partial charge in [-0.25, -0.2) is 0 Å². The van der Waals surface area contributed by atoms with E-state index in [1.54, 1.807) is 18.2 Å². The van der Waals surface area contributed by atoms with Crippen LogP contribution in [-0.4, -0.2) is 57.9 Å².